The lowest BCUT2D eigenvalue weighted by Crippen LogP contribution is -2.41. The molecule has 1 saturated heterocycles. The van der Waals surface area contributed by atoms with Crippen molar-refractivity contribution in [1.29, 1.82) is 0 Å². The molecule has 1 aliphatic heterocycles. The first-order valence-corrected chi connectivity index (χ1v) is 9.41. The van der Waals surface area contributed by atoms with E-state index in [9.17, 15) is 4.79 Å². The summed E-state index contributed by atoms with van der Waals surface area (Å²) in [6.07, 6.45) is 3.56. The van der Waals surface area contributed by atoms with Gasteiger partial charge in [0.2, 0.25) is 0 Å². The summed E-state index contributed by atoms with van der Waals surface area (Å²) >= 11 is 7.31. The Balaban J connectivity index is 1.40. The van der Waals surface area contributed by atoms with Crippen LogP contribution in [0.25, 0.3) is 10.1 Å². The molecule has 25 heavy (non-hydrogen) atoms. The molecular formula is C19H17ClN2O2S. The van der Waals surface area contributed by atoms with Gasteiger partial charge in [0.05, 0.1) is 4.70 Å². The highest BCUT2D eigenvalue weighted by molar-refractivity contribution is 7.13. The van der Waals surface area contributed by atoms with E-state index in [0.29, 0.717) is 18.1 Å². The summed E-state index contributed by atoms with van der Waals surface area (Å²) in [7, 11) is 0. The van der Waals surface area contributed by atoms with Gasteiger partial charge in [-0.3, -0.25) is 4.79 Å². The number of ether oxygens (including phenoxy) is 1. The van der Waals surface area contributed by atoms with Gasteiger partial charge in [-0.15, -0.1) is 0 Å². The highest BCUT2D eigenvalue weighted by Gasteiger charge is 2.25. The standard InChI is InChI=1S/C19H17ClN2O2S/c20-13-4-6-14(7-5-13)24-15-8-10-22(11-9-15)19(23)16-2-1-3-18-17(16)12-21-25-18/h1-7,12,15H,8-11H2. The highest BCUT2D eigenvalue weighted by Crippen LogP contribution is 2.25. The fourth-order valence-corrected chi connectivity index (χ4v) is 3.93. The zero-order chi connectivity index (χ0) is 17.2. The lowest BCUT2D eigenvalue weighted by atomic mass is 10.0. The Kier molecular flexibility index (Phi) is 4.59. The monoisotopic (exact) mass is 372 g/mol. The summed E-state index contributed by atoms with van der Waals surface area (Å²) in [6.45, 7) is 1.40. The molecule has 0 aliphatic carbocycles. The number of nitrogens with zero attached hydrogens (tertiary/aromatic N) is 2. The second kappa shape index (κ2) is 7.02. The van der Waals surface area contributed by atoms with Crippen LogP contribution in [0.2, 0.25) is 5.02 Å². The number of carbonyl (C=O) groups excluding carboxylic acids is 1. The predicted molar refractivity (Wildman–Crippen MR) is 101 cm³/mol. The number of likely N-dealkylation sites (tertiary alicyclic amines) is 1. The third-order valence-electron chi connectivity index (χ3n) is 4.47. The molecule has 3 aromatic rings. The lowest BCUT2D eigenvalue weighted by Gasteiger charge is -2.32. The molecule has 0 unspecified atom stereocenters. The van der Waals surface area contributed by atoms with E-state index in [1.165, 1.54) is 11.5 Å². The smallest absolute Gasteiger partial charge is 0.254 e. The first-order chi connectivity index (χ1) is 12.2. The van der Waals surface area contributed by atoms with Crippen molar-refractivity contribution in [3.63, 3.8) is 0 Å². The number of amides is 1. The van der Waals surface area contributed by atoms with Crippen molar-refractivity contribution < 1.29 is 9.53 Å². The molecule has 1 aliphatic rings. The maximum absolute atomic E-state index is 12.9. The second-order valence-electron chi connectivity index (χ2n) is 6.11. The van der Waals surface area contributed by atoms with Crippen LogP contribution in [0.1, 0.15) is 23.2 Å². The molecule has 0 radical (unpaired) electrons. The van der Waals surface area contributed by atoms with Crippen LogP contribution in [0.4, 0.5) is 0 Å². The molecule has 0 spiro atoms. The normalized spacial score (nSPS) is 15.5. The largest absolute Gasteiger partial charge is 0.490 e. The Labute approximate surface area is 155 Å². The van der Waals surface area contributed by atoms with E-state index in [0.717, 1.165) is 34.2 Å². The van der Waals surface area contributed by atoms with Gasteiger partial charge in [-0.2, -0.15) is 4.37 Å². The van der Waals surface area contributed by atoms with Crippen LogP contribution < -0.4 is 4.74 Å². The van der Waals surface area contributed by atoms with Crippen LogP contribution in [-0.4, -0.2) is 34.4 Å². The molecule has 0 atom stereocenters. The van der Waals surface area contributed by atoms with Crippen molar-refractivity contribution in [3.05, 3.63) is 59.2 Å². The minimum absolute atomic E-state index is 0.0794. The number of hydrogen-bond acceptors (Lipinski definition) is 4. The van der Waals surface area contributed by atoms with Crippen molar-refractivity contribution >= 4 is 39.1 Å². The first kappa shape index (κ1) is 16.4. The Bertz CT molecular complexity index is 886. The van der Waals surface area contributed by atoms with E-state index in [2.05, 4.69) is 4.37 Å². The predicted octanol–water partition coefficient (Wildman–Crippen LogP) is 4.63. The first-order valence-electron chi connectivity index (χ1n) is 8.25. The number of aromatic nitrogens is 1. The van der Waals surface area contributed by atoms with E-state index in [4.69, 9.17) is 16.3 Å². The number of piperidine rings is 1. The molecular weight excluding hydrogens is 356 g/mol. The van der Waals surface area contributed by atoms with E-state index in [1.54, 1.807) is 6.20 Å². The maximum atomic E-state index is 12.9. The van der Waals surface area contributed by atoms with E-state index in [1.807, 2.05) is 47.4 Å². The topological polar surface area (TPSA) is 42.4 Å². The van der Waals surface area contributed by atoms with Crippen molar-refractivity contribution in [1.82, 2.24) is 9.27 Å². The van der Waals surface area contributed by atoms with E-state index < -0.39 is 0 Å². The van der Waals surface area contributed by atoms with Crippen molar-refractivity contribution in [2.24, 2.45) is 0 Å². The van der Waals surface area contributed by atoms with Gasteiger partial charge in [0.1, 0.15) is 11.9 Å². The van der Waals surface area contributed by atoms with Gasteiger partial charge in [0.15, 0.2) is 0 Å². The number of rotatable bonds is 3. The van der Waals surface area contributed by atoms with Crippen LogP contribution in [0.5, 0.6) is 5.75 Å². The highest BCUT2D eigenvalue weighted by atomic mass is 35.5. The summed E-state index contributed by atoms with van der Waals surface area (Å²) in [4.78, 5) is 14.8. The minimum Gasteiger partial charge on any atom is -0.490 e. The van der Waals surface area contributed by atoms with Gasteiger partial charge < -0.3 is 9.64 Å². The Morgan fingerprint density at radius 3 is 2.68 bits per heavy atom. The van der Waals surface area contributed by atoms with Crippen LogP contribution in [0.3, 0.4) is 0 Å². The van der Waals surface area contributed by atoms with E-state index >= 15 is 0 Å². The summed E-state index contributed by atoms with van der Waals surface area (Å²) in [5, 5.41) is 1.64. The Morgan fingerprint density at radius 1 is 1.16 bits per heavy atom. The molecule has 2 aromatic carbocycles. The molecule has 1 amide bonds. The molecule has 128 valence electrons. The molecule has 1 fully saturated rings. The lowest BCUT2D eigenvalue weighted by molar-refractivity contribution is 0.0597. The Morgan fingerprint density at radius 2 is 1.92 bits per heavy atom. The number of carbonyl (C=O) groups is 1. The molecule has 0 saturated carbocycles. The molecule has 1 aromatic heterocycles. The summed E-state index contributed by atoms with van der Waals surface area (Å²) < 4.78 is 11.2. The molecule has 0 N–H and O–H groups in total. The van der Waals surface area contributed by atoms with Crippen LogP contribution in [-0.2, 0) is 0 Å². The SMILES string of the molecule is O=C(c1cccc2sncc12)N1CCC(Oc2ccc(Cl)cc2)CC1. The maximum Gasteiger partial charge on any atom is 0.254 e. The minimum atomic E-state index is 0.0794. The zero-order valence-corrected chi connectivity index (χ0v) is 15.1. The van der Waals surface area contributed by atoms with Gasteiger partial charge in [0.25, 0.3) is 5.91 Å². The molecule has 6 heteroatoms. The van der Waals surface area contributed by atoms with Crippen molar-refractivity contribution in [3.8, 4) is 5.75 Å². The Hall–Kier alpha value is -2.11. The second-order valence-corrected chi connectivity index (χ2v) is 7.38. The third-order valence-corrected chi connectivity index (χ3v) is 5.49. The van der Waals surface area contributed by atoms with Gasteiger partial charge in [-0.1, -0.05) is 17.7 Å². The molecule has 0 bridgehead atoms. The number of fused-ring (bicyclic) bond motifs is 1. The fourth-order valence-electron chi connectivity index (χ4n) is 3.13. The van der Waals surface area contributed by atoms with Gasteiger partial charge in [-0.05, 0) is 47.9 Å². The van der Waals surface area contributed by atoms with Crippen molar-refractivity contribution in [2.75, 3.05) is 13.1 Å². The number of hydrogen-bond donors (Lipinski definition) is 0. The quantitative estimate of drug-likeness (QED) is 0.673. The van der Waals surface area contributed by atoms with Crippen LogP contribution in [0, 0.1) is 0 Å². The summed E-state index contributed by atoms with van der Waals surface area (Å²) in [5.41, 5.74) is 0.739. The van der Waals surface area contributed by atoms with Crippen molar-refractivity contribution in [2.45, 2.75) is 18.9 Å². The average Bonchev–Trinajstić information content (AvgIpc) is 3.12. The molecule has 4 rings (SSSR count). The van der Waals surface area contributed by atoms with Crippen LogP contribution in [0.15, 0.2) is 48.7 Å². The number of benzene rings is 2. The van der Waals surface area contributed by atoms with Gasteiger partial charge >= 0.3 is 0 Å². The third kappa shape index (κ3) is 3.48. The van der Waals surface area contributed by atoms with Gasteiger partial charge in [0, 0.05) is 48.1 Å². The molecule has 4 nitrogen and oxygen atoms in total. The summed E-state index contributed by atoms with van der Waals surface area (Å²) in [5.74, 6) is 0.902. The van der Waals surface area contributed by atoms with Crippen LogP contribution >= 0.6 is 23.1 Å². The summed E-state index contributed by atoms with van der Waals surface area (Å²) in [6, 6.07) is 13.2. The molecule has 2 heterocycles. The van der Waals surface area contributed by atoms with E-state index in [-0.39, 0.29) is 12.0 Å². The average molecular weight is 373 g/mol. The zero-order valence-electron chi connectivity index (χ0n) is 13.5. The fraction of sp³-hybridized carbons (Fsp3) is 0.263. The number of halogens is 1. The van der Waals surface area contributed by atoms with Gasteiger partial charge in [-0.25, -0.2) is 0 Å².